The van der Waals surface area contributed by atoms with Gasteiger partial charge in [0.05, 0.1) is 5.25 Å². The van der Waals surface area contributed by atoms with Gasteiger partial charge in [-0.2, -0.15) is 0 Å². The number of Topliss-reactive ketones (excluding diaryl/α,β-unsaturated/α-hetero) is 1. The molecule has 0 aliphatic rings. The van der Waals surface area contributed by atoms with Crippen molar-refractivity contribution in [2.24, 2.45) is 5.92 Å². The van der Waals surface area contributed by atoms with Crippen LogP contribution in [0.4, 0.5) is 0 Å². The third-order valence-electron chi connectivity index (χ3n) is 2.46. The quantitative estimate of drug-likeness (QED) is 0.687. The van der Waals surface area contributed by atoms with Crippen molar-refractivity contribution in [2.45, 2.75) is 51.5 Å². The molecular weight excluding hydrogens is 184 g/mol. The van der Waals surface area contributed by atoms with Crippen LogP contribution in [0.5, 0.6) is 0 Å². The molecule has 3 heteroatoms. The standard InChI is InChI=1S/C10H20O2S/c1-6-10(11)9(5)13(12)8(4)7(2)3/h7-9H,6H2,1-5H3. The lowest BCUT2D eigenvalue weighted by atomic mass is 10.2. The molecule has 3 unspecified atom stereocenters. The van der Waals surface area contributed by atoms with Crippen molar-refractivity contribution >= 4 is 16.6 Å². The molecule has 0 aliphatic carbocycles. The second-order valence-electron chi connectivity index (χ2n) is 3.74. The van der Waals surface area contributed by atoms with Gasteiger partial charge in [0.2, 0.25) is 0 Å². The van der Waals surface area contributed by atoms with E-state index in [2.05, 4.69) is 0 Å². The normalized spacial score (nSPS) is 18.3. The van der Waals surface area contributed by atoms with Crippen LogP contribution in [0.15, 0.2) is 0 Å². The molecule has 0 aromatic carbocycles. The Labute approximate surface area is 83.6 Å². The van der Waals surface area contributed by atoms with Crippen molar-refractivity contribution in [3.05, 3.63) is 0 Å². The molecule has 2 nitrogen and oxygen atoms in total. The highest BCUT2D eigenvalue weighted by Crippen LogP contribution is 2.13. The zero-order chi connectivity index (χ0) is 10.6. The number of hydrogen-bond donors (Lipinski definition) is 0. The summed E-state index contributed by atoms with van der Waals surface area (Å²) in [5.41, 5.74) is 0. The molecule has 13 heavy (non-hydrogen) atoms. The third kappa shape index (κ3) is 3.59. The second-order valence-corrected chi connectivity index (χ2v) is 5.85. The van der Waals surface area contributed by atoms with Crippen LogP contribution >= 0.6 is 0 Å². The highest BCUT2D eigenvalue weighted by molar-refractivity contribution is 7.87. The lowest BCUT2D eigenvalue weighted by Gasteiger charge is -2.18. The van der Waals surface area contributed by atoms with Gasteiger partial charge in [-0.1, -0.05) is 27.7 Å². The molecule has 0 aliphatic heterocycles. The minimum Gasteiger partial charge on any atom is -0.298 e. The fraction of sp³-hybridized carbons (Fsp3) is 0.900. The summed E-state index contributed by atoms with van der Waals surface area (Å²) in [4.78, 5) is 11.3. The van der Waals surface area contributed by atoms with Crippen LogP contribution in [0.2, 0.25) is 0 Å². The van der Waals surface area contributed by atoms with Crippen LogP contribution in [0, 0.1) is 5.92 Å². The van der Waals surface area contributed by atoms with Gasteiger partial charge in [-0.3, -0.25) is 9.00 Å². The Morgan fingerprint density at radius 1 is 1.23 bits per heavy atom. The smallest absolute Gasteiger partial charge is 0.147 e. The maximum Gasteiger partial charge on any atom is 0.147 e. The summed E-state index contributed by atoms with van der Waals surface area (Å²) in [5.74, 6) is 0.471. The van der Waals surface area contributed by atoms with Crippen LogP contribution in [0.1, 0.15) is 41.0 Å². The maximum absolute atomic E-state index is 11.8. The zero-order valence-electron chi connectivity index (χ0n) is 9.16. The number of hydrogen-bond acceptors (Lipinski definition) is 2. The van der Waals surface area contributed by atoms with E-state index in [0.29, 0.717) is 12.3 Å². The highest BCUT2D eigenvalue weighted by Gasteiger charge is 2.24. The van der Waals surface area contributed by atoms with Gasteiger partial charge in [0.1, 0.15) is 5.78 Å². The summed E-state index contributed by atoms with van der Waals surface area (Å²) in [6, 6.07) is 0. The van der Waals surface area contributed by atoms with Gasteiger partial charge >= 0.3 is 0 Å². The Bertz CT molecular complexity index is 199. The number of rotatable bonds is 5. The largest absolute Gasteiger partial charge is 0.298 e. The molecule has 0 fully saturated rings. The molecule has 0 rings (SSSR count). The predicted molar refractivity (Wildman–Crippen MR) is 57.2 cm³/mol. The summed E-state index contributed by atoms with van der Waals surface area (Å²) < 4.78 is 11.8. The summed E-state index contributed by atoms with van der Waals surface area (Å²) >= 11 is 0. The third-order valence-corrected chi connectivity index (χ3v) is 4.69. The monoisotopic (exact) mass is 204 g/mol. The van der Waals surface area contributed by atoms with Crippen molar-refractivity contribution in [2.75, 3.05) is 0 Å². The second kappa shape index (κ2) is 5.53. The van der Waals surface area contributed by atoms with E-state index in [1.165, 1.54) is 0 Å². The van der Waals surface area contributed by atoms with Gasteiger partial charge < -0.3 is 0 Å². The SMILES string of the molecule is CCC(=O)C(C)S(=O)C(C)C(C)C. The van der Waals surface area contributed by atoms with Gasteiger partial charge in [-0.05, 0) is 12.8 Å². The van der Waals surface area contributed by atoms with Crippen LogP contribution in [-0.4, -0.2) is 20.5 Å². The maximum atomic E-state index is 11.8. The Morgan fingerprint density at radius 2 is 1.69 bits per heavy atom. The van der Waals surface area contributed by atoms with E-state index in [1.54, 1.807) is 6.92 Å². The Kier molecular flexibility index (Phi) is 5.45. The molecule has 0 aromatic heterocycles. The van der Waals surface area contributed by atoms with E-state index >= 15 is 0 Å². The summed E-state index contributed by atoms with van der Waals surface area (Å²) in [7, 11) is -1.02. The lowest BCUT2D eigenvalue weighted by Crippen LogP contribution is -2.31. The van der Waals surface area contributed by atoms with E-state index in [1.807, 2.05) is 27.7 Å². The van der Waals surface area contributed by atoms with E-state index in [4.69, 9.17) is 0 Å². The number of carbonyl (C=O) groups excluding carboxylic acids is 1. The first-order valence-corrected chi connectivity index (χ1v) is 6.11. The molecule has 0 aromatic rings. The number of ketones is 1. The van der Waals surface area contributed by atoms with Crippen molar-refractivity contribution in [3.8, 4) is 0 Å². The van der Waals surface area contributed by atoms with Crippen LogP contribution in [0.3, 0.4) is 0 Å². The average Bonchev–Trinajstić information content (AvgIpc) is 2.12. The van der Waals surface area contributed by atoms with Gasteiger partial charge in [0.15, 0.2) is 0 Å². The first-order valence-electron chi connectivity index (χ1n) is 4.83. The molecule has 3 atom stereocenters. The topological polar surface area (TPSA) is 34.1 Å². The average molecular weight is 204 g/mol. The van der Waals surface area contributed by atoms with Crippen molar-refractivity contribution in [1.82, 2.24) is 0 Å². The van der Waals surface area contributed by atoms with Crippen molar-refractivity contribution < 1.29 is 9.00 Å². The summed E-state index contributed by atoms with van der Waals surface area (Å²) in [6.45, 7) is 9.59. The molecule has 0 saturated heterocycles. The zero-order valence-corrected chi connectivity index (χ0v) is 9.98. The van der Waals surface area contributed by atoms with Crippen LogP contribution in [-0.2, 0) is 15.6 Å². The first-order chi connectivity index (χ1) is 5.91. The molecule has 0 radical (unpaired) electrons. The summed E-state index contributed by atoms with van der Waals surface area (Å²) in [5, 5.41) is -0.201. The fourth-order valence-electron chi connectivity index (χ4n) is 1.01. The molecule has 0 bridgehead atoms. The lowest BCUT2D eigenvalue weighted by molar-refractivity contribution is -0.118. The highest BCUT2D eigenvalue weighted by atomic mass is 32.2. The minimum atomic E-state index is -1.02. The van der Waals surface area contributed by atoms with Crippen LogP contribution in [0.25, 0.3) is 0 Å². The van der Waals surface area contributed by atoms with Gasteiger partial charge in [0, 0.05) is 22.5 Å². The molecule has 0 spiro atoms. The molecule has 78 valence electrons. The Morgan fingerprint density at radius 3 is 2.00 bits per heavy atom. The number of carbonyl (C=O) groups is 1. The molecule has 0 saturated carbocycles. The van der Waals surface area contributed by atoms with E-state index < -0.39 is 10.8 Å². The van der Waals surface area contributed by atoms with E-state index in [0.717, 1.165) is 0 Å². The van der Waals surface area contributed by atoms with Gasteiger partial charge in [-0.15, -0.1) is 0 Å². The van der Waals surface area contributed by atoms with Crippen LogP contribution < -0.4 is 0 Å². The van der Waals surface area contributed by atoms with Gasteiger partial charge in [0.25, 0.3) is 0 Å². The van der Waals surface area contributed by atoms with Crippen molar-refractivity contribution in [3.63, 3.8) is 0 Å². The van der Waals surface area contributed by atoms with E-state index in [9.17, 15) is 9.00 Å². The summed E-state index contributed by atoms with van der Waals surface area (Å²) in [6.07, 6.45) is 0.484. The molecule has 0 heterocycles. The van der Waals surface area contributed by atoms with Gasteiger partial charge in [-0.25, -0.2) is 0 Å². The minimum absolute atomic E-state index is 0.102. The molecule has 0 amide bonds. The molecule has 0 N–H and O–H groups in total. The van der Waals surface area contributed by atoms with E-state index in [-0.39, 0.29) is 16.3 Å². The molecular formula is C10H20O2S. The Hall–Kier alpha value is -0.180. The van der Waals surface area contributed by atoms with Crippen molar-refractivity contribution in [1.29, 1.82) is 0 Å². The fourth-order valence-corrected chi connectivity index (χ4v) is 2.61. The Balaban J connectivity index is 4.34. The first kappa shape index (κ1) is 12.8. The predicted octanol–water partition coefficient (Wildman–Crippen LogP) is 2.15.